The average molecular weight is 208 g/mol. The molecule has 2 rings (SSSR count). The van der Waals surface area contributed by atoms with Crippen molar-refractivity contribution in [3.8, 4) is 0 Å². The molecule has 1 fully saturated rings. The van der Waals surface area contributed by atoms with Crippen molar-refractivity contribution in [2.75, 3.05) is 0 Å². The van der Waals surface area contributed by atoms with Crippen molar-refractivity contribution in [1.82, 2.24) is 9.78 Å². The number of aliphatic hydroxyl groups is 1. The third-order valence-corrected chi connectivity index (χ3v) is 3.40. The van der Waals surface area contributed by atoms with Crippen LogP contribution in [0, 0.1) is 5.92 Å². The Bertz CT molecular complexity index is 332. The molecule has 0 aliphatic heterocycles. The predicted molar refractivity (Wildman–Crippen MR) is 59.6 cm³/mol. The van der Waals surface area contributed by atoms with Gasteiger partial charge in [0.25, 0.3) is 0 Å². The van der Waals surface area contributed by atoms with Crippen molar-refractivity contribution in [3.05, 3.63) is 17.5 Å². The maximum absolute atomic E-state index is 9.48. The van der Waals surface area contributed by atoms with E-state index in [2.05, 4.69) is 18.1 Å². The first-order valence-electron chi connectivity index (χ1n) is 5.89. The molecule has 2 unspecified atom stereocenters. The fourth-order valence-electron chi connectivity index (χ4n) is 2.47. The third-order valence-electron chi connectivity index (χ3n) is 3.40. The van der Waals surface area contributed by atoms with E-state index in [-0.39, 0.29) is 6.10 Å². The lowest BCUT2D eigenvalue weighted by molar-refractivity contribution is 0.177. The first kappa shape index (κ1) is 10.7. The summed E-state index contributed by atoms with van der Waals surface area (Å²) in [5, 5.41) is 13.9. The largest absolute Gasteiger partial charge is 0.393 e. The average Bonchev–Trinajstić information content (AvgIpc) is 2.75. The van der Waals surface area contributed by atoms with E-state index in [0.717, 1.165) is 32.1 Å². The molecule has 1 aromatic rings. The molecule has 2 atom stereocenters. The van der Waals surface area contributed by atoms with Crippen LogP contribution in [0.4, 0.5) is 0 Å². The summed E-state index contributed by atoms with van der Waals surface area (Å²) < 4.78 is 1.99. The lowest BCUT2D eigenvalue weighted by atomic mass is 10.0. The number of hydrogen-bond acceptors (Lipinski definition) is 2. The van der Waals surface area contributed by atoms with Crippen LogP contribution in [0.25, 0.3) is 0 Å². The zero-order valence-corrected chi connectivity index (χ0v) is 9.61. The van der Waals surface area contributed by atoms with E-state index in [1.54, 1.807) is 0 Å². The summed E-state index contributed by atoms with van der Waals surface area (Å²) >= 11 is 0. The molecule has 0 radical (unpaired) electrons. The number of aromatic nitrogens is 2. The maximum atomic E-state index is 9.48. The molecule has 84 valence electrons. The fraction of sp³-hybridized carbons (Fsp3) is 0.750. The molecule has 1 saturated carbocycles. The molecule has 0 aromatic carbocycles. The Hall–Kier alpha value is -0.830. The second-order valence-electron chi connectivity index (χ2n) is 4.64. The molecule has 0 amide bonds. The van der Waals surface area contributed by atoms with Crippen molar-refractivity contribution in [2.24, 2.45) is 13.0 Å². The van der Waals surface area contributed by atoms with E-state index in [1.807, 2.05) is 11.7 Å². The van der Waals surface area contributed by atoms with E-state index in [9.17, 15) is 5.11 Å². The molecule has 0 bridgehead atoms. The Balaban J connectivity index is 2.00. The van der Waals surface area contributed by atoms with Gasteiger partial charge in [0.2, 0.25) is 0 Å². The predicted octanol–water partition coefficient (Wildman–Crippen LogP) is 1.69. The second-order valence-corrected chi connectivity index (χ2v) is 4.64. The molecule has 3 heteroatoms. The zero-order valence-electron chi connectivity index (χ0n) is 9.61. The van der Waals surface area contributed by atoms with Crippen LogP contribution in [0.1, 0.15) is 37.6 Å². The first-order chi connectivity index (χ1) is 7.19. The van der Waals surface area contributed by atoms with Gasteiger partial charge < -0.3 is 5.11 Å². The highest BCUT2D eigenvalue weighted by Crippen LogP contribution is 2.28. The zero-order chi connectivity index (χ0) is 10.8. The molecule has 1 heterocycles. The Morgan fingerprint density at radius 1 is 1.53 bits per heavy atom. The van der Waals surface area contributed by atoms with Crippen LogP contribution in [0.2, 0.25) is 0 Å². The highest BCUT2D eigenvalue weighted by Gasteiger charge is 2.23. The van der Waals surface area contributed by atoms with Gasteiger partial charge in [0.15, 0.2) is 0 Å². The molecular weight excluding hydrogens is 188 g/mol. The maximum Gasteiger partial charge on any atom is 0.0624 e. The molecule has 1 N–H and O–H groups in total. The summed E-state index contributed by atoms with van der Waals surface area (Å²) in [6, 6.07) is 2.20. The van der Waals surface area contributed by atoms with Crippen LogP contribution in [0.15, 0.2) is 6.07 Å². The number of aryl methyl sites for hydroxylation is 2. The van der Waals surface area contributed by atoms with Gasteiger partial charge in [-0.1, -0.05) is 6.92 Å². The summed E-state index contributed by atoms with van der Waals surface area (Å²) in [5.74, 6) is 0.653. The Labute approximate surface area is 91.1 Å². The molecule has 3 nitrogen and oxygen atoms in total. The van der Waals surface area contributed by atoms with E-state index in [1.165, 1.54) is 11.4 Å². The summed E-state index contributed by atoms with van der Waals surface area (Å²) in [6.07, 6.45) is 5.11. The van der Waals surface area contributed by atoms with Crippen molar-refractivity contribution in [1.29, 1.82) is 0 Å². The van der Waals surface area contributed by atoms with Gasteiger partial charge in [-0.15, -0.1) is 0 Å². The van der Waals surface area contributed by atoms with Gasteiger partial charge >= 0.3 is 0 Å². The minimum atomic E-state index is -0.0612. The fourth-order valence-corrected chi connectivity index (χ4v) is 2.47. The smallest absolute Gasteiger partial charge is 0.0624 e. The van der Waals surface area contributed by atoms with E-state index < -0.39 is 0 Å². The van der Waals surface area contributed by atoms with Gasteiger partial charge in [0.05, 0.1) is 11.8 Å². The molecule has 15 heavy (non-hydrogen) atoms. The van der Waals surface area contributed by atoms with Crippen LogP contribution in [0.5, 0.6) is 0 Å². The number of nitrogens with zero attached hydrogens (tertiary/aromatic N) is 2. The lowest BCUT2D eigenvalue weighted by Gasteiger charge is -2.08. The highest BCUT2D eigenvalue weighted by atomic mass is 16.3. The third kappa shape index (κ3) is 2.40. The van der Waals surface area contributed by atoms with Gasteiger partial charge in [-0.2, -0.15) is 5.10 Å². The molecule has 0 spiro atoms. The number of rotatable bonds is 3. The Morgan fingerprint density at radius 3 is 2.87 bits per heavy atom. The highest BCUT2D eigenvalue weighted by molar-refractivity contribution is 5.11. The van der Waals surface area contributed by atoms with Gasteiger partial charge in [-0.05, 0) is 44.1 Å². The molecular formula is C12H20N2O. The van der Waals surface area contributed by atoms with Gasteiger partial charge in [-0.3, -0.25) is 4.68 Å². The van der Waals surface area contributed by atoms with Crippen LogP contribution in [-0.4, -0.2) is 21.0 Å². The first-order valence-corrected chi connectivity index (χ1v) is 5.89. The van der Waals surface area contributed by atoms with Crippen molar-refractivity contribution >= 4 is 0 Å². The number of hydrogen-bond donors (Lipinski definition) is 1. The molecule has 1 aliphatic rings. The minimum absolute atomic E-state index is 0.0612. The SMILES string of the molecule is CCc1cc(CC2CCC(O)C2)n(C)n1. The van der Waals surface area contributed by atoms with Crippen LogP contribution < -0.4 is 0 Å². The van der Waals surface area contributed by atoms with Crippen LogP contribution >= 0.6 is 0 Å². The number of aliphatic hydroxyl groups excluding tert-OH is 1. The van der Waals surface area contributed by atoms with Gasteiger partial charge in [0.1, 0.15) is 0 Å². The Kier molecular flexibility index (Phi) is 3.10. The quantitative estimate of drug-likeness (QED) is 0.820. The molecule has 1 aliphatic carbocycles. The Morgan fingerprint density at radius 2 is 2.33 bits per heavy atom. The van der Waals surface area contributed by atoms with E-state index in [4.69, 9.17) is 0 Å². The normalized spacial score (nSPS) is 26.1. The standard InChI is InChI=1S/C12H20N2O/c1-3-10-8-11(14(2)13-10)6-9-4-5-12(15)7-9/h8-9,12,15H,3-7H2,1-2H3. The molecule has 1 aromatic heterocycles. The summed E-state index contributed by atoms with van der Waals surface area (Å²) in [6.45, 7) is 2.13. The second kappa shape index (κ2) is 4.35. The minimum Gasteiger partial charge on any atom is -0.393 e. The van der Waals surface area contributed by atoms with Crippen molar-refractivity contribution in [3.63, 3.8) is 0 Å². The van der Waals surface area contributed by atoms with Crippen molar-refractivity contribution < 1.29 is 5.11 Å². The van der Waals surface area contributed by atoms with E-state index >= 15 is 0 Å². The van der Waals surface area contributed by atoms with Crippen LogP contribution in [0.3, 0.4) is 0 Å². The summed E-state index contributed by atoms with van der Waals surface area (Å²) in [5.41, 5.74) is 2.48. The van der Waals surface area contributed by atoms with E-state index in [0.29, 0.717) is 5.92 Å². The van der Waals surface area contributed by atoms with Gasteiger partial charge in [-0.25, -0.2) is 0 Å². The topological polar surface area (TPSA) is 38.0 Å². The summed E-state index contributed by atoms with van der Waals surface area (Å²) in [7, 11) is 2.01. The summed E-state index contributed by atoms with van der Waals surface area (Å²) in [4.78, 5) is 0. The molecule has 0 saturated heterocycles. The van der Waals surface area contributed by atoms with Crippen LogP contribution in [-0.2, 0) is 19.9 Å². The monoisotopic (exact) mass is 208 g/mol. The lowest BCUT2D eigenvalue weighted by Crippen LogP contribution is -2.06. The van der Waals surface area contributed by atoms with Crippen molar-refractivity contribution in [2.45, 2.75) is 45.1 Å². The van der Waals surface area contributed by atoms with Gasteiger partial charge in [0, 0.05) is 12.7 Å².